The Kier molecular flexibility index (Phi) is 7.31. The zero-order valence-electron chi connectivity index (χ0n) is 10.5. The average molecular weight is 212 g/mol. The van der Waals surface area contributed by atoms with Gasteiger partial charge < -0.3 is 4.74 Å². The van der Waals surface area contributed by atoms with E-state index >= 15 is 0 Å². The van der Waals surface area contributed by atoms with Gasteiger partial charge in [0.1, 0.15) is 6.10 Å². The minimum absolute atomic E-state index is 0.210. The van der Waals surface area contributed by atoms with Gasteiger partial charge in [0.25, 0.3) is 0 Å². The molecule has 0 aliphatic carbocycles. The van der Waals surface area contributed by atoms with Crippen LogP contribution < -0.4 is 0 Å². The van der Waals surface area contributed by atoms with E-state index in [1.54, 1.807) is 0 Å². The fourth-order valence-electron chi connectivity index (χ4n) is 1.38. The Bertz CT molecular complexity index is 207. The number of hydrogen-bond acceptors (Lipinski definition) is 2. The van der Waals surface area contributed by atoms with Crippen molar-refractivity contribution in [2.75, 3.05) is 6.61 Å². The first-order valence-corrected chi connectivity index (χ1v) is 5.76. The highest BCUT2D eigenvalue weighted by Crippen LogP contribution is 2.13. The van der Waals surface area contributed by atoms with Gasteiger partial charge in [-0.3, -0.25) is 4.79 Å². The van der Waals surface area contributed by atoms with Crippen LogP contribution >= 0.6 is 0 Å². The van der Waals surface area contributed by atoms with Crippen molar-refractivity contribution in [3.8, 4) is 0 Å². The molecule has 0 aliphatic heterocycles. The highest BCUT2D eigenvalue weighted by molar-refractivity contribution is 5.83. The number of carbonyl (C=O) groups is 1. The lowest BCUT2D eigenvalue weighted by atomic mass is 9.99. The summed E-state index contributed by atoms with van der Waals surface area (Å²) in [5, 5.41) is 0. The molecule has 0 heterocycles. The summed E-state index contributed by atoms with van der Waals surface area (Å²) in [4.78, 5) is 11.8. The zero-order valence-corrected chi connectivity index (χ0v) is 10.5. The number of carbonyl (C=O) groups excluding carboxylic acids is 1. The van der Waals surface area contributed by atoms with E-state index in [-0.39, 0.29) is 11.9 Å². The first kappa shape index (κ1) is 14.4. The van der Waals surface area contributed by atoms with Crippen LogP contribution in [-0.4, -0.2) is 18.5 Å². The van der Waals surface area contributed by atoms with E-state index < -0.39 is 0 Å². The lowest BCUT2D eigenvalue weighted by molar-refractivity contribution is -0.131. The molecule has 2 heteroatoms. The third kappa shape index (κ3) is 7.32. The fraction of sp³-hybridized carbons (Fsp3) is 0.769. The number of Topliss-reactive ketones (excluding diaryl/α,β-unsaturated/α-hetero) is 1. The molecule has 0 saturated heterocycles. The Balaban J connectivity index is 4.20. The molecule has 88 valence electrons. The molecule has 2 nitrogen and oxygen atoms in total. The van der Waals surface area contributed by atoms with Crippen molar-refractivity contribution >= 4 is 5.78 Å². The maximum absolute atomic E-state index is 11.8. The van der Waals surface area contributed by atoms with Crippen LogP contribution in [0, 0.1) is 5.92 Å². The van der Waals surface area contributed by atoms with E-state index in [0.29, 0.717) is 25.4 Å². The van der Waals surface area contributed by atoms with E-state index in [1.165, 1.54) is 0 Å². The smallest absolute Gasteiger partial charge is 0.162 e. The summed E-state index contributed by atoms with van der Waals surface area (Å²) in [6, 6.07) is 0. The number of rotatable bonds is 8. The number of ether oxygens (including phenoxy) is 1. The van der Waals surface area contributed by atoms with Crippen molar-refractivity contribution in [3.63, 3.8) is 0 Å². The maximum atomic E-state index is 11.8. The van der Waals surface area contributed by atoms with Crippen LogP contribution in [0.2, 0.25) is 0 Å². The predicted molar refractivity (Wildman–Crippen MR) is 63.9 cm³/mol. The molecule has 0 N–H and O–H groups in total. The summed E-state index contributed by atoms with van der Waals surface area (Å²) in [6.07, 6.45) is 1.93. The van der Waals surface area contributed by atoms with Crippen LogP contribution in [-0.2, 0) is 9.53 Å². The molecule has 0 aromatic carbocycles. The lowest BCUT2D eigenvalue weighted by Gasteiger charge is -2.17. The third-order valence-electron chi connectivity index (χ3n) is 2.03. The van der Waals surface area contributed by atoms with Gasteiger partial charge in [0, 0.05) is 19.4 Å². The van der Waals surface area contributed by atoms with Crippen molar-refractivity contribution in [2.24, 2.45) is 5.92 Å². The summed E-state index contributed by atoms with van der Waals surface area (Å²) < 4.78 is 5.55. The quantitative estimate of drug-likeness (QED) is 0.577. The molecular formula is C13H24O2. The van der Waals surface area contributed by atoms with Crippen LogP contribution in [0.5, 0.6) is 0 Å². The first-order chi connectivity index (χ1) is 6.97. The van der Waals surface area contributed by atoms with E-state index in [9.17, 15) is 4.79 Å². The molecule has 0 fully saturated rings. The molecule has 0 rings (SSSR count). The van der Waals surface area contributed by atoms with Crippen LogP contribution in [0.3, 0.4) is 0 Å². The van der Waals surface area contributed by atoms with Gasteiger partial charge in [-0.25, -0.2) is 0 Å². The topological polar surface area (TPSA) is 26.3 Å². The summed E-state index contributed by atoms with van der Waals surface area (Å²) >= 11 is 0. The van der Waals surface area contributed by atoms with Crippen molar-refractivity contribution in [1.29, 1.82) is 0 Å². The molecule has 0 aromatic heterocycles. The monoisotopic (exact) mass is 212 g/mol. The molecule has 15 heavy (non-hydrogen) atoms. The summed E-state index contributed by atoms with van der Waals surface area (Å²) in [5.74, 6) is 0.608. The van der Waals surface area contributed by atoms with Crippen LogP contribution in [0.15, 0.2) is 12.2 Å². The molecule has 1 atom stereocenters. The molecule has 0 saturated carbocycles. The van der Waals surface area contributed by atoms with Crippen molar-refractivity contribution in [3.05, 3.63) is 12.2 Å². The van der Waals surface area contributed by atoms with Crippen LogP contribution in [0.25, 0.3) is 0 Å². The Hall–Kier alpha value is -0.630. The Labute approximate surface area is 93.7 Å². The standard InChI is InChI=1S/C13H24O2/c1-6-7-15-13(9-11(4)5)12(14)8-10(2)3/h10,13H,4,6-9H2,1-3,5H3. The molecule has 0 radical (unpaired) electrons. The highest BCUT2D eigenvalue weighted by Gasteiger charge is 2.19. The molecule has 1 unspecified atom stereocenters. The number of ketones is 1. The second kappa shape index (κ2) is 7.63. The van der Waals surface area contributed by atoms with Crippen LogP contribution in [0.1, 0.15) is 47.0 Å². The largest absolute Gasteiger partial charge is 0.370 e. The van der Waals surface area contributed by atoms with Crippen molar-refractivity contribution in [1.82, 2.24) is 0 Å². The van der Waals surface area contributed by atoms with E-state index in [0.717, 1.165) is 12.0 Å². The average Bonchev–Trinajstić information content (AvgIpc) is 2.10. The summed E-state index contributed by atoms with van der Waals surface area (Å²) in [6.45, 7) is 12.6. The van der Waals surface area contributed by atoms with Gasteiger partial charge in [-0.05, 0) is 19.3 Å². The van der Waals surface area contributed by atoms with Crippen molar-refractivity contribution in [2.45, 2.75) is 53.1 Å². The van der Waals surface area contributed by atoms with Gasteiger partial charge in [0.05, 0.1) is 0 Å². The summed E-state index contributed by atoms with van der Waals surface area (Å²) in [5.41, 5.74) is 1.01. The molecule has 0 spiro atoms. The highest BCUT2D eigenvalue weighted by atomic mass is 16.5. The molecule has 0 amide bonds. The normalized spacial score (nSPS) is 12.9. The second-order valence-electron chi connectivity index (χ2n) is 4.58. The minimum atomic E-state index is -0.273. The first-order valence-electron chi connectivity index (χ1n) is 5.76. The fourth-order valence-corrected chi connectivity index (χ4v) is 1.38. The maximum Gasteiger partial charge on any atom is 0.162 e. The van der Waals surface area contributed by atoms with Gasteiger partial charge >= 0.3 is 0 Å². The molecule has 0 aliphatic rings. The van der Waals surface area contributed by atoms with E-state index in [1.807, 2.05) is 13.8 Å². The van der Waals surface area contributed by atoms with Crippen LogP contribution in [0.4, 0.5) is 0 Å². The van der Waals surface area contributed by atoms with Gasteiger partial charge in [0.2, 0.25) is 0 Å². The Morgan fingerprint density at radius 2 is 1.93 bits per heavy atom. The SMILES string of the molecule is C=C(C)CC(OCCC)C(=O)CC(C)C. The third-order valence-corrected chi connectivity index (χ3v) is 2.03. The van der Waals surface area contributed by atoms with Gasteiger partial charge in [-0.2, -0.15) is 0 Å². The Morgan fingerprint density at radius 1 is 1.33 bits per heavy atom. The lowest BCUT2D eigenvalue weighted by Crippen LogP contribution is -2.26. The second-order valence-corrected chi connectivity index (χ2v) is 4.58. The number of hydrogen-bond donors (Lipinski definition) is 0. The molecule has 0 bridgehead atoms. The minimum Gasteiger partial charge on any atom is -0.370 e. The van der Waals surface area contributed by atoms with Gasteiger partial charge in [-0.15, -0.1) is 6.58 Å². The zero-order chi connectivity index (χ0) is 11.8. The van der Waals surface area contributed by atoms with E-state index in [4.69, 9.17) is 4.74 Å². The molecular weight excluding hydrogens is 188 g/mol. The predicted octanol–water partition coefficient (Wildman–Crippen LogP) is 3.36. The molecule has 0 aromatic rings. The van der Waals surface area contributed by atoms with E-state index in [2.05, 4.69) is 20.4 Å². The van der Waals surface area contributed by atoms with Gasteiger partial charge in [-0.1, -0.05) is 26.3 Å². The van der Waals surface area contributed by atoms with Gasteiger partial charge in [0.15, 0.2) is 5.78 Å². The Morgan fingerprint density at radius 3 is 2.33 bits per heavy atom. The summed E-state index contributed by atoms with van der Waals surface area (Å²) in [7, 11) is 0. The van der Waals surface area contributed by atoms with Crippen molar-refractivity contribution < 1.29 is 9.53 Å².